The average Bonchev–Trinajstić information content (AvgIpc) is 2.61. The van der Waals surface area contributed by atoms with Gasteiger partial charge < -0.3 is 14.6 Å². The van der Waals surface area contributed by atoms with Gasteiger partial charge in [-0.25, -0.2) is 0 Å². The van der Waals surface area contributed by atoms with Crippen LogP contribution >= 0.6 is 0 Å². The number of hydrogen-bond donors (Lipinski definition) is 1. The van der Waals surface area contributed by atoms with E-state index >= 15 is 0 Å². The summed E-state index contributed by atoms with van der Waals surface area (Å²) < 4.78 is 11.0. The largest absolute Gasteiger partial charge is 0.388 e. The minimum atomic E-state index is -0.428. The van der Waals surface area contributed by atoms with Crippen LogP contribution in [-0.4, -0.2) is 30.2 Å². The molecule has 0 saturated carbocycles. The van der Waals surface area contributed by atoms with Crippen molar-refractivity contribution in [3.8, 4) is 0 Å². The number of rotatable bonds is 0. The molecule has 5 atom stereocenters. The molecule has 0 unspecified atom stereocenters. The van der Waals surface area contributed by atoms with E-state index in [9.17, 15) is 5.11 Å². The Bertz CT molecular complexity index is 274. The van der Waals surface area contributed by atoms with E-state index < -0.39 is 6.10 Å². The molecule has 0 aromatic carbocycles. The molecule has 3 aliphatic rings. The van der Waals surface area contributed by atoms with Crippen molar-refractivity contribution >= 4 is 0 Å². The van der Waals surface area contributed by atoms with Crippen molar-refractivity contribution in [3.63, 3.8) is 0 Å². The molecular weight excluding hydrogens is 180 g/mol. The average molecular weight is 196 g/mol. The molecule has 0 aromatic heterocycles. The maximum Gasteiger partial charge on any atom is 0.184 e. The Kier molecular flexibility index (Phi) is 1.94. The third-order valence-electron chi connectivity index (χ3n) is 3.77. The van der Waals surface area contributed by atoms with E-state index in [2.05, 4.69) is 13.0 Å². The number of aliphatic hydroxyl groups excluding tert-OH is 1. The second kappa shape index (κ2) is 3.05. The highest BCUT2D eigenvalue weighted by atomic mass is 16.7. The van der Waals surface area contributed by atoms with Gasteiger partial charge in [0.25, 0.3) is 0 Å². The molecule has 14 heavy (non-hydrogen) atoms. The molecule has 2 bridgehead atoms. The monoisotopic (exact) mass is 196 g/mol. The van der Waals surface area contributed by atoms with Crippen molar-refractivity contribution in [2.45, 2.75) is 38.3 Å². The minimum absolute atomic E-state index is 0.220. The molecule has 3 rings (SSSR count). The van der Waals surface area contributed by atoms with E-state index in [4.69, 9.17) is 9.47 Å². The SMILES string of the molecule is CC1=CC[C@H]2[C@@H](C1)[C@H](O)[C@H]1OC[C@@H]2O1. The molecule has 2 fully saturated rings. The van der Waals surface area contributed by atoms with Crippen LogP contribution in [0.5, 0.6) is 0 Å². The van der Waals surface area contributed by atoms with Gasteiger partial charge in [0.05, 0.1) is 12.7 Å². The van der Waals surface area contributed by atoms with Crippen molar-refractivity contribution in [1.29, 1.82) is 0 Å². The number of aliphatic hydroxyl groups is 1. The molecule has 2 aliphatic heterocycles. The fourth-order valence-corrected chi connectivity index (χ4v) is 2.97. The Labute approximate surface area is 83.7 Å². The number of fused-ring (bicyclic) bond motifs is 4. The van der Waals surface area contributed by atoms with Crippen molar-refractivity contribution in [3.05, 3.63) is 11.6 Å². The summed E-state index contributed by atoms with van der Waals surface area (Å²) in [6.07, 6.45) is 3.75. The quantitative estimate of drug-likeness (QED) is 0.589. The Hall–Kier alpha value is -0.380. The lowest BCUT2D eigenvalue weighted by Gasteiger charge is -2.41. The summed E-state index contributed by atoms with van der Waals surface area (Å²) in [5, 5.41) is 10.0. The fourth-order valence-electron chi connectivity index (χ4n) is 2.97. The topological polar surface area (TPSA) is 38.7 Å². The lowest BCUT2D eigenvalue weighted by molar-refractivity contribution is -0.194. The van der Waals surface area contributed by atoms with E-state index in [1.165, 1.54) is 5.57 Å². The Morgan fingerprint density at radius 3 is 3.14 bits per heavy atom. The van der Waals surface area contributed by atoms with Crippen LogP contribution in [0.1, 0.15) is 19.8 Å². The molecule has 78 valence electrons. The van der Waals surface area contributed by atoms with Gasteiger partial charge in [0.15, 0.2) is 6.29 Å². The molecular formula is C11H16O3. The summed E-state index contributed by atoms with van der Waals surface area (Å²) in [4.78, 5) is 0. The Balaban J connectivity index is 1.89. The van der Waals surface area contributed by atoms with Gasteiger partial charge in [-0.1, -0.05) is 11.6 Å². The zero-order chi connectivity index (χ0) is 9.71. The third kappa shape index (κ3) is 1.16. The zero-order valence-electron chi connectivity index (χ0n) is 8.35. The minimum Gasteiger partial charge on any atom is -0.388 e. The van der Waals surface area contributed by atoms with E-state index in [-0.39, 0.29) is 12.4 Å². The van der Waals surface area contributed by atoms with E-state index in [0.29, 0.717) is 18.4 Å². The van der Waals surface area contributed by atoms with Crippen molar-refractivity contribution in [2.24, 2.45) is 11.8 Å². The zero-order valence-corrected chi connectivity index (χ0v) is 8.35. The summed E-state index contributed by atoms with van der Waals surface area (Å²) in [6.45, 7) is 2.80. The summed E-state index contributed by atoms with van der Waals surface area (Å²) in [7, 11) is 0. The smallest absolute Gasteiger partial charge is 0.184 e. The fraction of sp³-hybridized carbons (Fsp3) is 0.818. The van der Waals surface area contributed by atoms with Crippen LogP contribution in [-0.2, 0) is 9.47 Å². The van der Waals surface area contributed by atoms with Crippen LogP contribution < -0.4 is 0 Å². The van der Waals surface area contributed by atoms with Crippen LogP contribution in [0, 0.1) is 11.8 Å². The van der Waals surface area contributed by atoms with Gasteiger partial charge in [-0.2, -0.15) is 0 Å². The summed E-state index contributed by atoms with van der Waals surface area (Å²) in [6, 6.07) is 0. The molecule has 1 aliphatic carbocycles. The molecule has 2 saturated heterocycles. The van der Waals surface area contributed by atoms with Gasteiger partial charge >= 0.3 is 0 Å². The maximum absolute atomic E-state index is 10.0. The lowest BCUT2D eigenvalue weighted by atomic mass is 9.73. The standard InChI is InChI=1S/C11H16O3/c1-6-2-3-7-8(4-6)10(12)11-13-5-9(7)14-11/h2,7-12H,3-5H2,1H3/t7-,8+,9-,10-,11-/m0/s1. The lowest BCUT2D eigenvalue weighted by Crippen LogP contribution is -2.47. The van der Waals surface area contributed by atoms with Crippen LogP contribution in [0.2, 0.25) is 0 Å². The number of hydrogen-bond acceptors (Lipinski definition) is 3. The summed E-state index contributed by atoms with van der Waals surface area (Å²) in [5.41, 5.74) is 1.40. The molecule has 0 spiro atoms. The first-order chi connectivity index (χ1) is 6.75. The molecule has 0 aromatic rings. The second-order valence-corrected chi connectivity index (χ2v) is 4.68. The van der Waals surface area contributed by atoms with E-state index in [1.54, 1.807) is 0 Å². The van der Waals surface area contributed by atoms with Crippen molar-refractivity contribution < 1.29 is 14.6 Å². The predicted octanol–water partition coefficient (Wildman–Crippen LogP) is 1.07. The molecule has 0 radical (unpaired) electrons. The van der Waals surface area contributed by atoms with Crippen LogP contribution in [0.4, 0.5) is 0 Å². The first-order valence-corrected chi connectivity index (χ1v) is 5.36. The summed E-state index contributed by atoms with van der Waals surface area (Å²) in [5.74, 6) is 0.818. The van der Waals surface area contributed by atoms with Crippen LogP contribution in [0.3, 0.4) is 0 Å². The van der Waals surface area contributed by atoms with Crippen molar-refractivity contribution in [1.82, 2.24) is 0 Å². The van der Waals surface area contributed by atoms with Gasteiger partial charge in [-0.05, 0) is 31.6 Å². The molecule has 0 amide bonds. The second-order valence-electron chi connectivity index (χ2n) is 4.68. The van der Waals surface area contributed by atoms with Gasteiger partial charge in [0.1, 0.15) is 6.10 Å². The Morgan fingerprint density at radius 2 is 2.29 bits per heavy atom. The molecule has 3 heteroatoms. The third-order valence-corrected chi connectivity index (χ3v) is 3.77. The van der Waals surface area contributed by atoms with Crippen molar-refractivity contribution in [2.75, 3.05) is 6.61 Å². The van der Waals surface area contributed by atoms with Gasteiger partial charge in [0, 0.05) is 0 Å². The number of ether oxygens (including phenoxy) is 2. The van der Waals surface area contributed by atoms with Crippen LogP contribution in [0.25, 0.3) is 0 Å². The highest BCUT2D eigenvalue weighted by Gasteiger charge is 2.49. The predicted molar refractivity (Wildman–Crippen MR) is 50.6 cm³/mol. The first-order valence-electron chi connectivity index (χ1n) is 5.36. The highest BCUT2D eigenvalue weighted by molar-refractivity contribution is 5.10. The highest BCUT2D eigenvalue weighted by Crippen LogP contribution is 2.43. The summed E-state index contributed by atoms with van der Waals surface area (Å²) >= 11 is 0. The first kappa shape index (κ1) is 8.89. The molecule has 1 N–H and O–H groups in total. The van der Waals surface area contributed by atoms with Gasteiger partial charge in [0.2, 0.25) is 0 Å². The van der Waals surface area contributed by atoms with E-state index in [1.807, 2.05) is 0 Å². The number of allylic oxidation sites excluding steroid dienone is 2. The molecule has 3 nitrogen and oxygen atoms in total. The van der Waals surface area contributed by atoms with Gasteiger partial charge in [-0.3, -0.25) is 0 Å². The normalized spacial score (nSPS) is 51.3. The Morgan fingerprint density at radius 1 is 1.43 bits per heavy atom. The maximum atomic E-state index is 10.0. The van der Waals surface area contributed by atoms with Crippen LogP contribution in [0.15, 0.2) is 11.6 Å². The van der Waals surface area contributed by atoms with E-state index in [0.717, 1.165) is 12.8 Å². The van der Waals surface area contributed by atoms with Gasteiger partial charge in [-0.15, -0.1) is 0 Å². The molecule has 2 heterocycles.